The molecule has 14 rings (SSSR count). The molecule has 3 aliphatic rings. The smallest absolute Gasteiger partial charge is 0.0726 e. The molecule has 11 aromatic rings. The van der Waals surface area contributed by atoms with Crippen LogP contribution >= 0.6 is 0 Å². The van der Waals surface area contributed by atoms with Crippen molar-refractivity contribution in [2.24, 2.45) is 0 Å². The zero-order valence-corrected chi connectivity index (χ0v) is 37.2. The predicted molar refractivity (Wildman–Crippen MR) is 279 cm³/mol. The van der Waals surface area contributed by atoms with Gasteiger partial charge in [0, 0.05) is 33.4 Å². The Hall–Kier alpha value is -8.20. The first-order valence-electron chi connectivity index (χ1n) is 23.9. The molecule has 0 N–H and O–H groups in total. The summed E-state index contributed by atoms with van der Waals surface area (Å²) in [4.78, 5) is 2.49. The van der Waals surface area contributed by atoms with Gasteiger partial charge in [-0.25, -0.2) is 0 Å². The van der Waals surface area contributed by atoms with Gasteiger partial charge < -0.3 is 9.47 Å². The van der Waals surface area contributed by atoms with Gasteiger partial charge in [-0.1, -0.05) is 170 Å². The van der Waals surface area contributed by atoms with E-state index in [0.717, 1.165) is 22.7 Å². The van der Waals surface area contributed by atoms with Crippen molar-refractivity contribution in [2.75, 3.05) is 4.90 Å². The van der Waals surface area contributed by atoms with Crippen LogP contribution in [-0.2, 0) is 18.3 Å². The van der Waals surface area contributed by atoms with E-state index in [0.29, 0.717) is 0 Å². The number of anilines is 3. The van der Waals surface area contributed by atoms with Crippen molar-refractivity contribution in [3.63, 3.8) is 0 Å². The van der Waals surface area contributed by atoms with Gasteiger partial charge in [0.25, 0.3) is 0 Å². The fourth-order valence-corrected chi connectivity index (χ4v) is 12.3. The SMILES string of the molecule is c1ccc(N(c2ccc(-n3c4ccccc4c4ccccc43)cc2)c2cc3c(cc2-c2ccc(-c4ccc5c(c4)CCCC5)cc2)-c2ccccc2C32c3ccccc3-c3ccccc32)cc1. The largest absolute Gasteiger partial charge is 0.310 e. The lowest BCUT2D eigenvalue weighted by atomic mass is 9.70. The van der Waals surface area contributed by atoms with Gasteiger partial charge in [0.15, 0.2) is 0 Å². The first-order chi connectivity index (χ1) is 33.2. The summed E-state index contributed by atoms with van der Waals surface area (Å²) in [6, 6.07) is 86.6. The minimum atomic E-state index is -0.481. The summed E-state index contributed by atoms with van der Waals surface area (Å²) in [5, 5.41) is 2.52. The molecule has 0 bridgehead atoms. The Labute approximate surface area is 391 Å². The number of benzene rings is 10. The molecule has 0 unspecified atom stereocenters. The fourth-order valence-electron chi connectivity index (χ4n) is 12.3. The second-order valence-corrected chi connectivity index (χ2v) is 18.6. The molecule has 0 radical (unpaired) electrons. The molecule has 0 aliphatic heterocycles. The maximum Gasteiger partial charge on any atom is 0.0726 e. The first-order valence-corrected chi connectivity index (χ1v) is 23.9. The summed E-state index contributed by atoms with van der Waals surface area (Å²) in [5.74, 6) is 0. The number of para-hydroxylation sites is 3. The lowest BCUT2D eigenvalue weighted by molar-refractivity contribution is 0.686. The van der Waals surface area contributed by atoms with Gasteiger partial charge in [-0.2, -0.15) is 0 Å². The molecule has 67 heavy (non-hydrogen) atoms. The van der Waals surface area contributed by atoms with E-state index in [1.807, 2.05) is 0 Å². The van der Waals surface area contributed by atoms with Gasteiger partial charge in [-0.15, -0.1) is 0 Å². The number of rotatable bonds is 6. The number of hydrogen-bond acceptors (Lipinski definition) is 1. The third-order valence-electron chi connectivity index (χ3n) is 15.2. The van der Waals surface area contributed by atoms with E-state index in [4.69, 9.17) is 0 Å². The standard InChI is InChI=1S/C65H46N2/c1-2-18-48(19-3-1)66(49-36-38-50(39-37-49)67-62-28-14-9-23-54(62)55-24-10-15-29-63(55)67)64-42-61-57(41-56(64)45-33-30-44(31-34-45)47-35-32-43-16-4-5-17-46(43)40-47)53-22-8-13-27-60(53)65(61)58-25-11-6-20-51(58)52-21-7-12-26-59(52)65/h1-3,6-15,18-42H,4-5,16-17H2. The Kier molecular flexibility index (Phi) is 8.48. The molecular weight excluding hydrogens is 809 g/mol. The molecule has 1 heterocycles. The zero-order valence-electron chi connectivity index (χ0n) is 37.2. The highest BCUT2D eigenvalue weighted by molar-refractivity contribution is 6.09. The van der Waals surface area contributed by atoms with Crippen LogP contribution in [0.5, 0.6) is 0 Å². The average Bonchev–Trinajstić information content (AvgIpc) is 4.01. The maximum atomic E-state index is 2.55. The Morgan fingerprint density at radius 2 is 0.851 bits per heavy atom. The van der Waals surface area contributed by atoms with E-state index in [1.54, 1.807) is 0 Å². The number of aromatic nitrogens is 1. The van der Waals surface area contributed by atoms with E-state index < -0.39 is 5.41 Å². The minimum Gasteiger partial charge on any atom is -0.310 e. The Bertz CT molecular complexity index is 3640. The van der Waals surface area contributed by atoms with Gasteiger partial charge >= 0.3 is 0 Å². The molecule has 0 amide bonds. The Balaban J connectivity index is 1.01. The van der Waals surface area contributed by atoms with Crippen molar-refractivity contribution in [3.8, 4) is 50.2 Å². The second-order valence-electron chi connectivity index (χ2n) is 18.6. The van der Waals surface area contributed by atoms with Crippen molar-refractivity contribution in [3.05, 3.63) is 264 Å². The molecule has 2 heteroatoms. The normalized spacial score (nSPS) is 13.9. The van der Waals surface area contributed by atoms with E-state index in [2.05, 4.69) is 240 Å². The van der Waals surface area contributed by atoms with Crippen LogP contribution < -0.4 is 4.90 Å². The van der Waals surface area contributed by atoms with Gasteiger partial charge in [0.2, 0.25) is 0 Å². The molecule has 3 aliphatic carbocycles. The number of aryl methyl sites for hydroxylation is 2. The van der Waals surface area contributed by atoms with Crippen LogP contribution in [0.15, 0.2) is 231 Å². The lowest BCUT2D eigenvalue weighted by Gasteiger charge is -2.33. The summed E-state index contributed by atoms with van der Waals surface area (Å²) in [6.07, 6.45) is 4.93. The van der Waals surface area contributed by atoms with Crippen LogP contribution in [0.2, 0.25) is 0 Å². The third-order valence-corrected chi connectivity index (χ3v) is 15.2. The summed E-state index contributed by atoms with van der Waals surface area (Å²) < 4.78 is 2.40. The topological polar surface area (TPSA) is 8.17 Å². The quantitative estimate of drug-likeness (QED) is 0.162. The van der Waals surface area contributed by atoms with Crippen LogP contribution in [-0.4, -0.2) is 4.57 Å². The molecule has 316 valence electrons. The second kappa shape index (κ2) is 14.9. The highest BCUT2D eigenvalue weighted by Crippen LogP contribution is 2.64. The summed E-state index contributed by atoms with van der Waals surface area (Å²) in [7, 11) is 0. The minimum absolute atomic E-state index is 0.481. The molecule has 0 fully saturated rings. The predicted octanol–water partition coefficient (Wildman–Crippen LogP) is 16.8. The summed E-state index contributed by atoms with van der Waals surface area (Å²) >= 11 is 0. The van der Waals surface area contributed by atoms with Crippen LogP contribution in [0, 0.1) is 0 Å². The number of fused-ring (bicyclic) bond motifs is 14. The lowest BCUT2D eigenvalue weighted by Crippen LogP contribution is -2.26. The van der Waals surface area contributed by atoms with Crippen molar-refractivity contribution in [1.29, 1.82) is 0 Å². The highest BCUT2D eigenvalue weighted by Gasteiger charge is 2.52. The van der Waals surface area contributed by atoms with Crippen molar-refractivity contribution in [2.45, 2.75) is 31.1 Å². The van der Waals surface area contributed by atoms with Crippen molar-refractivity contribution < 1.29 is 0 Å². The van der Waals surface area contributed by atoms with Crippen molar-refractivity contribution in [1.82, 2.24) is 4.57 Å². The van der Waals surface area contributed by atoms with Crippen LogP contribution in [0.25, 0.3) is 72.0 Å². The molecule has 0 saturated heterocycles. The molecule has 1 spiro atoms. The van der Waals surface area contributed by atoms with Gasteiger partial charge in [-0.3, -0.25) is 0 Å². The van der Waals surface area contributed by atoms with Crippen LogP contribution in [0.1, 0.15) is 46.2 Å². The summed E-state index contributed by atoms with van der Waals surface area (Å²) in [5.41, 5.74) is 24.9. The number of nitrogens with zero attached hydrogens (tertiary/aromatic N) is 2. The van der Waals surface area contributed by atoms with Gasteiger partial charge in [0.1, 0.15) is 0 Å². The molecule has 10 aromatic carbocycles. The van der Waals surface area contributed by atoms with Gasteiger partial charge in [0.05, 0.1) is 22.1 Å². The van der Waals surface area contributed by atoms with Crippen LogP contribution in [0.4, 0.5) is 17.1 Å². The maximum absolute atomic E-state index is 2.55. The van der Waals surface area contributed by atoms with E-state index in [9.17, 15) is 0 Å². The first kappa shape index (κ1) is 38.1. The van der Waals surface area contributed by atoms with Crippen LogP contribution in [0.3, 0.4) is 0 Å². The van der Waals surface area contributed by atoms with E-state index in [1.165, 1.54) is 125 Å². The molecular formula is C65H46N2. The Morgan fingerprint density at radius 3 is 1.49 bits per heavy atom. The molecule has 1 aromatic heterocycles. The monoisotopic (exact) mass is 854 g/mol. The zero-order chi connectivity index (χ0) is 44.1. The molecule has 2 nitrogen and oxygen atoms in total. The van der Waals surface area contributed by atoms with E-state index in [-0.39, 0.29) is 0 Å². The highest BCUT2D eigenvalue weighted by atomic mass is 15.1. The average molecular weight is 855 g/mol. The van der Waals surface area contributed by atoms with E-state index >= 15 is 0 Å². The molecule has 0 atom stereocenters. The van der Waals surface area contributed by atoms with Gasteiger partial charge in [-0.05, 0) is 159 Å². The fraction of sp³-hybridized carbons (Fsp3) is 0.0769. The summed E-state index contributed by atoms with van der Waals surface area (Å²) in [6.45, 7) is 0. The Morgan fingerprint density at radius 1 is 0.343 bits per heavy atom. The van der Waals surface area contributed by atoms with Crippen molar-refractivity contribution >= 4 is 38.9 Å². The number of hydrogen-bond donors (Lipinski definition) is 0. The molecule has 0 saturated carbocycles. The third kappa shape index (κ3) is 5.63.